The topological polar surface area (TPSA) is 35.2 Å². The van der Waals surface area contributed by atoms with Gasteiger partial charge in [-0.3, -0.25) is 0 Å². The molecule has 0 amide bonds. The van der Waals surface area contributed by atoms with E-state index in [0.29, 0.717) is 19.1 Å². The van der Waals surface area contributed by atoms with Gasteiger partial charge >= 0.3 is 0 Å². The van der Waals surface area contributed by atoms with Crippen LogP contribution < -0.4 is 5.73 Å². The normalized spacial score (nSPS) is 24.6. The largest absolute Gasteiger partial charge is 0.376 e. The maximum absolute atomic E-state index is 6.02. The van der Waals surface area contributed by atoms with Gasteiger partial charge in [0.15, 0.2) is 0 Å². The van der Waals surface area contributed by atoms with Crippen LogP contribution in [0.1, 0.15) is 17.5 Å². The van der Waals surface area contributed by atoms with E-state index in [-0.39, 0.29) is 5.41 Å². The van der Waals surface area contributed by atoms with Crippen molar-refractivity contribution in [1.82, 2.24) is 0 Å². The Bertz CT molecular complexity index is 540. The van der Waals surface area contributed by atoms with Crippen LogP contribution >= 0.6 is 0 Å². The zero-order valence-corrected chi connectivity index (χ0v) is 11.7. The molecule has 0 saturated heterocycles. The average molecular weight is 267 g/mol. The van der Waals surface area contributed by atoms with E-state index in [2.05, 4.69) is 42.5 Å². The SMILES string of the molecule is NCC1(c2ccccc2)CC1COCc1ccccc1. The monoisotopic (exact) mass is 267 g/mol. The molecule has 1 fully saturated rings. The lowest BCUT2D eigenvalue weighted by Crippen LogP contribution is -2.23. The maximum atomic E-state index is 6.02. The summed E-state index contributed by atoms with van der Waals surface area (Å²) in [4.78, 5) is 0. The zero-order chi connectivity index (χ0) is 13.8. The molecule has 2 nitrogen and oxygen atoms in total. The van der Waals surface area contributed by atoms with Crippen molar-refractivity contribution >= 4 is 0 Å². The molecular formula is C18H21NO. The Hall–Kier alpha value is -1.64. The van der Waals surface area contributed by atoms with Gasteiger partial charge in [-0.15, -0.1) is 0 Å². The van der Waals surface area contributed by atoms with Crippen LogP contribution in [0.2, 0.25) is 0 Å². The number of ether oxygens (including phenoxy) is 1. The smallest absolute Gasteiger partial charge is 0.0717 e. The molecule has 2 aromatic carbocycles. The van der Waals surface area contributed by atoms with Gasteiger partial charge in [-0.25, -0.2) is 0 Å². The molecule has 1 aliphatic rings. The number of nitrogens with two attached hydrogens (primary N) is 1. The first kappa shape index (κ1) is 13.3. The van der Waals surface area contributed by atoms with E-state index in [4.69, 9.17) is 10.5 Å². The summed E-state index contributed by atoms with van der Waals surface area (Å²) < 4.78 is 5.87. The second kappa shape index (κ2) is 5.78. The molecule has 2 atom stereocenters. The predicted molar refractivity (Wildman–Crippen MR) is 81.4 cm³/mol. The van der Waals surface area contributed by atoms with Crippen molar-refractivity contribution in [2.24, 2.45) is 11.7 Å². The number of benzene rings is 2. The van der Waals surface area contributed by atoms with E-state index < -0.39 is 0 Å². The lowest BCUT2D eigenvalue weighted by molar-refractivity contribution is 0.106. The van der Waals surface area contributed by atoms with Crippen LogP contribution in [0.4, 0.5) is 0 Å². The van der Waals surface area contributed by atoms with Crippen molar-refractivity contribution in [3.05, 3.63) is 71.8 Å². The van der Waals surface area contributed by atoms with Crippen molar-refractivity contribution in [2.45, 2.75) is 18.4 Å². The molecule has 0 spiro atoms. The molecule has 0 radical (unpaired) electrons. The van der Waals surface area contributed by atoms with Crippen LogP contribution in [0.15, 0.2) is 60.7 Å². The summed E-state index contributed by atoms with van der Waals surface area (Å²) >= 11 is 0. The first-order chi connectivity index (χ1) is 9.85. The van der Waals surface area contributed by atoms with Crippen LogP contribution in [0.25, 0.3) is 0 Å². The van der Waals surface area contributed by atoms with Gasteiger partial charge in [0.05, 0.1) is 13.2 Å². The van der Waals surface area contributed by atoms with E-state index >= 15 is 0 Å². The average Bonchev–Trinajstić information content (AvgIpc) is 3.24. The van der Waals surface area contributed by atoms with Crippen LogP contribution in [0, 0.1) is 5.92 Å². The first-order valence-corrected chi connectivity index (χ1v) is 7.22. The van der Waals surface area contributed by atoms with Gasteiger partial charge in [0.1, 0.15) is 0 Å². The molecule has 2 heteroatoms. The molecule has 104 valence electrons. The minimum Gasteiger partial charge on any atom is -0.376 e. The Morgan fingerprint density at radius 1 is 1.00 bits per heavy atom. The Balaban J connectivity index is 1.55. The molecule has 2 N–H and O–H groups in total. The van der Waals surface area contributed by atoms with Gasteiger partial charge in [-0.1, -0.05) is 60.7 Å². The van der Waals surface area contributed by atoms with Gasteiger partial charge in [-0.2, -0.15) is 0 Å². The van der Waals surface area contributed by atoms with E-state index in [0.717, 1.165) is 13.0 Å². The van der Waals surface area contributed by atoms with Crippen molar-refractivity contribution in [3.8, 4) is 0 Å². The first-order valence-electron chi connectivity index (χ1n) is 7.22. The summed E-state index contributed by atoms with van der Waals surface area (Å²) in [5.74, 6) is 0.554. The molecule has 1 saturated carbocycles. The highest BCUT2D eigenvalue weighted by atomic mass is 16.5. The fraction of sp³-hybridized carbons (Fsp3) is 0.333. The molecule has 0 heterocycles. The number of rotatable bonds is 6. The highest BCUT2D eigenvalue weighted by molar-refractivity contribution is 5.34. The van der Waals surface area contributed by atoms with Crippen LogP contribution in [0.5, 0.6) is 0 Å². The highest BCUT2D eigenvalue weighted by Crippen LogP contribution is 2.53. The van der Waals surface area contributed by atoms with Crippen molar-refractivity contribution in [2.75, 3.05) is 13.2 Å². The van der Waals surface area contributed by atoms with Crippen molar-refractivity contribution in [1.29, 1.82) is 0 Å². The highest BCUT2D eigenvalue weighted by Gasteiger charge is 2.53. The van der Waals surface area contributed by atoms with Gasteiger partial charge in [0, 0.05) is 12.0 Å². The molecule has 0 aromatic heterocycles. The summed E-state index contributed by atoms with van der Waals surface area (Å²) in [6.07, 6.45) is 1.14. The maximum Gasteiger partial charge on any atom is 0.0717 e. The fourth-order valence-electron chi connectivity index (χ4n) is 2.98. The number of hydrogen-bond donors (Lipinski definition) is 1. The van der Waals surface area contributed by atoms with E-state index in [1.165, 1.54) is 11.1 Å². The summed E-state index contributed by atoms with van der Waals surface area (Å²) in [6.45, 7) is 2.18. The van der Waals surface area contributed by atoms with Gasteiger partial charge in [0.2, 0.25) is 0 Å². The predicted octanol–water partition coefficient (Wildman–Crippen LogP) is 3.12. The Labute approximate surface area is 120 Å². The summed E-state index contributed by atoms with van der Waals surface area (Å²) in [7, 11) is 0. The third-order valence-corrected chi connectivity index (χ3v) is 4.38. The van der Waals surface area contributed by atoms with Gasteiger partial charge < -0.3 is 10.5 Å². The molecule has 0 bridgehead atoms. The standard InChI is InChI=1S/C18H21NO/c19-14-18(16-9-5-2-6-10-16)11-17(18)13-20-12-15-7-3-1-4-8-15/h1-10,17H,11-14,19H2. The third kappa shape index (κ3) is 2.62. The minimum atomic E-state index is 0.151. The quantitative estimate of drug-likeness (QED) is 0.872. The summed E-state index contributed by atoms with van der Waals surface area (Å²) in [6, 6.07) is 20.9. The molecule has 3 rings (SSSR count). The Morgan fingerprint density at radius 2 is 1.65 bits per heavy atom. The Morgan fingerprint density at radius 3 is 2.30 bits per heavy atom. The fourth-order valence-corrected chi connectivity index (χ4v) is 2.98. The van der Waals surface area contributed by atoms with E-state index in [1.807, 2.05) is 18.2 Å². The molecule has 1 aliphatic carbocycles. The summed E-state index contributed by atoms with van der Waals surface area (Å²) in [5.41, 5.74) is 8.75. The lowest BCUT2D eigenvalue weighted by atomic mass is 9.93. The second-order valence-corrected chi connectivity index (χ2v) is 5.63. The van der Waals surface area contributed by atoms with Crippen molar-refractivity contribution in [3.63, 3.8) is 0 Å². The minimum absolute atomic E-state index is 0.151. The molecule has 0 aliphatic heterocycles. The zero-order valence-electron chi connectivity index (χ0n) is 11.7. The van der Waals surface area contributed by atoms with Gasteiger partial charge in [-0.05, 0) is 23.5 Å². The summed E-state index contributed by atoms with van der Waals surface area (Å²) in [5, 5.41) is 0. The third-order valence-electron chi connectivity index (χ3n) is 4.38. The Kier molecular flexibility index (Phi) is 3.86. The van der Waals surface area contributed by atoms with Crippen molar-refractivity contribution < 1.29 is 4.74 Å². The molecular weight excluding hydrogens is 246 g/mol. The molecule has 2 unspecified atom stereocenters. The second-order valence-electron chi connectivity index (χ2n) is 5.63. The van der Waals surface area contributed by atoms with Crippen LogP contribution in [-0.4, -0.2) is 13.2 Å². The van der Waals surface area contributed by atoms with Crippen LogP contribution in [-0.2, 0) is 16.8 Å². The molecule has 20 heavy (non-hydrogen) atoms. The van der Waals surface area contributed by atoms with E-state index in [9.17, 15) is 0 Å². The number of hydrogen-bond acceptors (Lipinski definition) is 2. The van der Waals surface area contributed by atoms with Gasteiger partial charge in [0.25, 0.3) is 0 Å². The lowest BCUT2D eigenvalue weighted by Gasteiger charge is -2.15. The molecule has 2 aromatic rings. The van der Waals surface area contributed by atoms with E-state index in [1.54, 1.807) is 0 Å². The van der Waals surface area contributed by atoms with Crippen LogP contribution in [0.3, 0.4) is 0 Å².